The Morgan fingerprint density at radius 1 is 1.21 bits per heavy atom. The van der Waals surface area contributed by atoms with Crippen molar-refractivity contribution >= 4 is 5.82 Å². The molecule has 0 aliphatic rings. The number of aryl methyl sites for hydroxylation is 1. The number of methoxy groups -OCH3 is 1. The molecular weight excluding hydrogens is 240 g/mol. The maximum absolute atomic E-state index is 5.20. The Kier molecular flexibility index (Phi) is 3.94. The zero-order chi connectivity index (χ0) is 13.8. The molecule has 0 unspecified atom stereocenters. The summed E-state index contributed by atoms with van der Waals surface area (Å²) in [4.78, 5) is 13.1. The molecule has 0 atom stereocenters. The summed E-state index contributed by atoms with van der Waals surface area (Å²) in [7, 11) is 1.63. The lowest BCUT2D eigenvalue weighted by atomic mass is 10.1. The number of rotatable bonds is 4. The molecule has 19 heavy (non-hydrogen) atoms. The van der Waals surface area contributed by atoms with Crippen molar-refractivity contribution in [2.75, 3.05) is 19.0 Å². The van der Waals surface area contributed by atoms with Gasteiger partial charge < -0.3 is 10.1 Å². The first-order valence-electron chi connectivity index (χ1n) is 6.24. The van der Waals surface area contributed by atoms with Crippen molar-refractivity contribution in [2.24, 2.45) is 0 Å². The molecule has 0 fully saturated rings. The average molecular weight is 258 g/mol. The zero-order valence-corrected chi connectivity index (χ0v) is 11.7. The van der Waals surface area contributed by atoms with Gasteiger partial charge in [-0.3, -0.25) is 4.98 Å². The predicted octanol–water partition coefficient (Wildman–Crippen LogP) is 2.60. The highest BCUT2D eigenvalue weighted by atomic mass is 16.5. The van der Waals surface area contributed by atoms with Crippen LogP contribution in [-0.2, 0) is 0 Å². The van der Waals surface area contributed by atoms with E-state index in [9.17, 15) is 0 Å². The molecule has 2 aromatic heterocycles. The van der Waals surface area contributed by atoms with E-state index in [0.29, 0.717) is 0 Å². The van der Waals surface area contributed by atoms with E-state index >= 15 is 0 Å². The fourth-order valence-corrected chi connectivity index (χ4v) is 1.91. The minimum Gasteiger partial charge on any atom is -0.495 e. The van der Waals surface area contributed by atoms with Crippen molar-refractivity contribution in [2.45, 2.75) is 20.8 Å². The van der Waals surface area contributed by atoms with E-state index in [2.05, 4.69) is 20.3 Å². The second kappa shape index (κ2) is 5.65. The molecule has 0 saturated carbocycles. The van der Waals surface area contributed by atoms with Gasteiger partial charge in [0.1, 0.15) is 17.4 Å². The Bertz CT molecular complexity index is 584. The number of anilines is 1. The van der Waals surface area contributed by atoms with Crippen LogP contribution in [0.4, 0.5) is 5.82 Å². The molecule has 2 aromatic rings. The van der Waals surface area contributed by atoms with Gasteiger partial charge in [-0.05, 0) is 26.8 Å². The SMILES string of the molecule is CCNc1nc(C)nc(-c2cncc(OC)c2)c1C. The first-order chi connectivity index (χ1) is 9.15. The van der Waals surface area contributed by atoms with Gasteiger partial charge in [-0.1, -0.05) is 0 Å². The highest BCUT2D eigenvalue weighted by Gasteiger charge is 2.11. The molecule has 0 amide bonds. The fourth-order valence-electron chi connectivity index (χ4n) is 1.91. The van der Waals surface area contributed by atoms with Crippen molar-refractivity contribution in [3.05, 3.63) is 29.8 Å². The highest BCUT2D eigenvalue weighted by Crippen LogP contribution is 2.27. The van der Waals surface area contributed by atoms with Gasteiger partial charge in [-0.2, -0.15) is 0 Å². The van der Waals surface area contributed by atoms with Gasteiger partial charge in [0.05, 0.1) is 19.0 Å². The number of hydrogen-bond acceptors (Lipinski definition) is 5. The van der Waals surface area contributed by atoms with Crippen LogP contribution in [0.1, 0.15) is 18.3 Å². The van der Waals surface area contributed by atoms with E-state index in [-0.39, 0.29) is 0 Å². The van der Waals surface area contributed by atoms with Crippen molar-refractivity contribution < 1.29 is 4.74 Å². The monoisotopic (exact) mass is 258 g/mol. The van der Waals surface area contributed by atoms with E-state index < -0.39 is 0 Å². The third kappa shape index (κ3) is 2.81. The Morgan fingerprint density at radius 3 is 2.68 bits per heavy atom. The fraction of sp³-hybridized carbons (Fsp3) is 0.357. The number of pyridine rings is 1. The lowest BCUT2D eigenvalue weighted by Crippen LogP contribution is -2.06. The van der Waals surface area contributed by atoms with E-state index in [1.807, 2.05) is 26.8 Å². The molecule has 5 nitrogen and oxygen atoms in total. The van der Waals surface area contributed by atoms with Gasteiger partial charge in [-0.25, -0.2) is 9.97 Å². The van der Waals surface area contributed by atoms with Gasteiger partial charge in [0.25, 0.3) is 0 Å². The Hall–Kier alpha value is -2.17. The van der Waals surface area contributed by atoms with Crippen LogP contribution in [0, 0.1) is 13.8 Å². The van der Waals surface area contributed by atoms with Crippen molar-refractivity contribution in [3.8, 4) is 17.0 Å². The summed E-state index contributed by atoms with van der Waals surface area (Å²) >= 11 is 0. The van der Waals surface area contributed by atoms with Crippen molar-refractivity contribution in [1.82, 2.24) is 15.0 Å². The average Bonchev–Trinajstić information content (AvgIpc) is 2.43. The first-order valence-corrected chi connectivity index (χ1v) is 6.24. The smallest absolute Gasteiger partial charge is 0.137 e. The summed E-state index contributed by atoms with van der Waals surface area (Å²) in [6.45, 7) is 6.76. The normalized spacial score (nSPS) is 10.3. The zero-order valence-electron chi connectivity index (χ0n) is 11.7. The molecule has 1 N–H and O–H groups in total. The van der Waals surface area contributed by atoms with Gasteiger partial charge in [-0.15, -0.1) is 0 Å². The summed E-state index contributed by atoms with van der Waals surface area (Å²) in [5.41, 5.74) is 2.83. The quantitative estimate of drug-likeness (QED) is 0.913. The number of ether oxygens (including phenoxy) is 1. The van der Waals surface area contributed by atoms with Crippen LogP contribution in [0.15, 0.2) is 18.5 Å². The van der Waals surface area contributed by atoms with Gasteiger partial charge in [0.15, 0.2) is 0 Å². The molecular formula is C14H18N4O. The second-order valence-electron chi connectivity index (χ2n) is 4.24. The Morgan fingerprint density at radius 2 is 2.00 bits per heavy atom. The van der Waals surface area contributed by atoms with Gasteiger partial charge in [0, 0.05) is 23.9 Å². The maximum atomic E-state index is 5.20. The lowest BCUT2D eigenvalue weighted by Gasteiger charge is -2.12. The Balaban J connectivity index is 2.54. The molecule has 0 radical (unpaired) electrons. The molecule has 100 valence electrons. The summed E-state index contributed by atoms with van der Waals surface area (Å²) in [6, 6.07) is 1.93. The number of hydrogen-bond donors (Lipinski definition) is 1. The predicted molar refractivity (Wildman–Crippen MR) is 75.5 cm³/mol. The Labute approximate surface area is 113 Å². The molecule has 2 rings (SSSR count). The topological polar surface area (TPSA) is 59.9 Å². The minimum absolute atomic E-state index is 0.721. The molecule has 0 aliphatic carbocycles. The largest absolute Gasteiger partial charge is 0.495 e. The van der Waals surface area contributed by atoms with Crippen LogP contribution in [0.5, 0.6) is 5.75 Å². The maximum Gasteiger partial charge on any atom is 0.137 e. The van der Waals surface area contributed by atoms with E-state index in [4.69, 9.17) is 4.74 Å². The molecule has 2 heterocycles. The van der Waals surface area contributed by atoms with Crippen molar-refractivity contribution in [3.63, 3.8) is 0 Å². The van der Waals surface area contributed by atoms with Gasteiger partial charge in [0.2, 0.25) is 0 Å². The summed E-state index contributed by atoms with van der Waals surface area (Å²) in [5.74, 6) is 2.32. The van der Waals surface area contributed by atoms with Crippen molar-refractivity contribution in [1.29, 1.82) is 0 Å². The number of aromatic nitrogens is 3. The van der Waals surface area contributed by atoms with Crippen LogP contribution in [-0.4, -0.2) is 28.6 Å². The molecule has 0 bridgehead atoms. The first kappa shape index (κ1) is 13.3. The van der Waals surface area contributed by atoms with Gasteiger partial charge >= 0.3 is 0 Å². The van der Waals surface area contributed by atoms with E-state index in [1.54, 1.807) is 19.5 Å². The molecule has 0 aromatic carbocycles. The second-order valence-corrected chi connectivity index (χ2v) is 4.24. The van der Waals surface area contributed by atoms with Crippen LogP contribution in [0.3, 0.4) is 0 Å². The number of nitrogens with one attached hydrogen (secondary N) is 1. The standard InChI is InChI=1S/C14H18N4O/c1-5-16-14-9(2)13(17-10(3)18-14)11-6-12(19-4)8-15-7-11/h6-8H,5H2,1-4H3,(H,16,17,18). The minimum atomic E-state index is 0.721. The van der Waals surface area contributed by atoms with Crippen LogP contribution >= 0.6 is 0 Å². The molecule has 5 heteroatoms. The van der Waals surface area contributed by atoms with Crippen LogP contribution in [0.2, 0.25) is 0 Å². The van der Waals surface area contributed by atoms with Crippen LogP contribution in [0.25, 0.3) is 11.3 Å². The van der Waals surface area contributed by atoms with E-state index in [0.717, 1.165) is 40.8 Å². The van der Waals surface area contributed by atoms with E-state index in [1.165, 1.54) is 0 Å². The lowest BCUT2D eigenvalue weighted by molar-refractivity contribution is 0.413. The third-order valence-electron chi connectivity index (χ3n) is 2.82. The summed E-state index contributed by atoms with van der Waals surface area (Å²) < 4.78 is 5.20. The molecule has 0 aliphatic heterocycles. The number of nitrogens with zero attached hydrogens (tertiary/aromatic N) is 3. The van der Waals surface area contributed by atoms with Crippen LogP contribution < -0.4 is 10.1 Å². The third-order valence-corrected chi connectivity index (χ3v) is 2.82. The highest BCUT2D eigenvalue weighted by molar-refractivity contribution is 5.68. The summed E-state index contributed by atoms with van der Waals surface area (Å²) in [6.07, 6.45) is 3.46. The molecule has 0 saturated heterocycles. The summed E-state index contributed by atoms with van der Waals surface area (Å²) in [5, 5.41) is 3.25. The molecule has 0 spiro atoms.